The van der Waals surface area contributed by atoms with Gasteiger partial charge in [0.15, 0.2) is 0 Å². The fraction of sp³-hybridized carbons (Fsp3) is 0.400. The summed E-state index contributed by atoms with van der Waals surface area (Å²) in [6.45, 7) is 0.666. The molecule has 1 atom stereocenters. The van der Waals surface area contributed by atoms with Gasteiger partial charge in [-0.25, -0.2) is 4.39 Å². The van der Waals surface area contributed by atoms with Crippen LogP contribution < -0.4 is 5.73 Å². The van der Waals surface area contributed by atoms with Crippen molar-refractivity contribution in [3.05, 3.63) is 29.6 Å². The van der Waals surface area contributed by atoms with E-state index in [-0.39, 0.29) is 5.82 Å². The van der Waals surface area contributed by atoms with E-state index in [1.165, 1.54) is 11.6 Å². The third kappa shape index (κ3) is 1.71. The predicted octanol–water partition coefficient (Wildman–Crippen LogP) is 2.36. The van der Waals surface area contributed by atoms with Gasteiger partial charge in [-0.15, -0.1) is 11.8 Å². The summed E-state index contributed by atoms with van der Waals surface area (Å²) in [5.74, 6) is 1.33. The first-order chi connectivity index (χ1) is 6.31. The fourth-order valence-electron chi connectivity index (χ4n) is 1.68. The van der Waals surface area contributed by atoms with E-state index in [9.17, 15) is 4.39 Å². The first-order valence-electron chi connectivity index (χ1n) is 4.43. The smallest absolute Gasteiger partial charge is 0.124 e. The zero-order chi connectivity index (χ0) is 9.26. The third-order valence-electron chi connectivity index (χ3n) is 2.42. The van der Waals surface area contributed by atoms with E-state index in [1.54, 1.807) is 17.8 Å². The van der Waals surface area contributed by atoms with Crippen molar-refractivity contribution in [2.45, 2.75) is 17.2 Å². The molecule has 0 radical (unpaired) electrons. The highest BCUT2D eigenvalue weighted by Crippen LogP contribution is 2.37. The Balaban J connectivity index is 2.40. The molecular weight excluding hydrogens is 185 g/mol. The van der Waals surface area contributed by atoms with E-state index < -0.39 is 0 Å². The van der Waals surface area contributed by atoms with Crippen LogP contribution >= 0.6 is 11.8 Å². The van der Waals surface area contributed by atoms with Gasteiger partial charge in [0.2, 0.25) is 0 Å². The van der Waals surface area contributed by atoms with Gasteiger partial charge in [0, 0.05) is 4.90 Å². The highest BCUT2D eigenvalue weighted by atomic mass is 32.2. The van der Waals surface area contributed by atoms with Crippen molar-refractivity contribution in [1.29, 1.82) is 0 Å². The van der Waals surface area contributed by atoms with Crippen LogP contribution in [0, 0.1) is 5.82 Å². The minimum atomic E-state index is -0.149. The summed E-state index contributed by atoms with van der Waals surface area (Å²) in [5, 5.41) is 0. The van der Waals surface area contributed by atoms with Crippen molar-refractivity contribution >= 4 is 11.8 Å². The lowest BCUT2D eigenvalue weighted by Gasteiger charge is -2.23. The van der Waals surface area contributed by atoms with Crippen LogP contribution in [0.2, 0.25) is 0 Å². The summed E-state index contributed by atoms with van der Waals surface area (Å²) in [4.78, 5) is 1.07. The second-order valence-corrected chi connectivity index (χ2v) is 4.39. The molecule has 1 heterocycles. The second kappa shape index (κ2) is 3.68. The zero-order valence-electron chi connectivity index (χ0n) is 7.29. The maximum atomic E-state index is 12.9. The SMILES string of the molecule is NCC1CCSc2cc(F)ccc21. The second-order valence-electron chi connectivity index (χ2n) is 3.25. The number of hydrogen-bond donors (Lipinski definition) is 1. The highest BCUT2D eigenvalue weighted by molar-refractivity contribution is 7.99. The number of benzene rings is 1. The Labute approximate surface area is 81.5 Å². The number of thioether (sulfide) groups is 1. The molecule has 13 heavy (non-hydrogen) atoms. The minimum absolute atomic E-state index is 0.149. The molecule has 0 spiro atoms. The predicted molar refractivity (Wildman–Crippen MR) is 53.5 cm³/mol. The summed E-state index contributed by atoms with van der Waals surface area (Å²) >= 11 is 1.73. The minimum Gasteiger partial charge on any atom is -0.330 e. The van der Waals surface area contributed by atoms with Crippen molar-refractivity contribution in [2.75, 3.05) is 12.3 Å². The van der Waals surface area contributed by atoms with Crippen molar-refractivity contribution in [1.82, 2.24) is 0 Å². The average molecular weight is 197 g/mol. The molecule has 0 fully saturated rings. The van der Waals surface area contributed by atoms with Gasteiger partial charge in [-0.3, -0.25) is 0 Å². The lowest BCUT2D eigenvalue weighted by atomic mass is 9.96. The van der Waals surface area contributed by atoms with Crippen molar-refractivity contribution in [3.63, 3.8) is 0 Å². The molecular formula is C10H12FNS. The molecule has 0 aliphatic carbocycles. The van der Waals surface area contributed by atoms with Gasteiger partial charge in [0.1, 0.15) is 5.82 Å². The summed E-state index contributed by atoms with van der Waals surface area (Å²) in [6, 6.07) is 5.00. The van der Waals surface area contributed by atoms with E-state index in [4.69, 9.17) is 5.73 Å². The molecule has 1 unspecified atom stereocenters. The average Bonchev–Trinajstić information content (AvgIpc) is 2.16. The Kier molecular flexibility index (Phi) is 2.56. The molecule has 0 saturated carbocycles. The number of halogens is 1. The van der Waals surface area contributed by atoms with Crippen LogP contribution in [0.4, 0.5) is 4.39 Å². The number of fused-ring (bicyclic) bond motifs is 1. The summed E-state index contributed by atoms with van der Waals surface area (Å²) in [7, 11) is 0. The number of hydrogen-bond acceptors (Lipinski definition) is 2. The fourth-order valence-corrected chi connectivity index (χ4v) is 2.90. The summed E-state index contributed by atoms with van der Waals surface area (Å²) in [6.07, 6.45) is 1.11. The van der Waals surface area contributed by atoms with E-state index in [0.717, 1.165) is 17.1 Å². The van der Waals surface area contributed by atoms with Gasteiger partial charge < -0.3 is 5.73 Å². The highest BCUT2D eigenvalue weighted by Gasteiger charge is 2.19. The maximum Gasteiger partial charge on any atom is 0.124 e. The van der Waals surface area contributed by atoms with Crippen molar-refractivity contribution < 1.29 is 4.39 Å². The topological polar surface area (TPSA) is 26.0 Å². The Hall–Kier alpha value is -0.540. The summed E-state index contributed by atoms with van der Waals surface area (Å²) in [5.41, 5.74) is 6.88. The van der Waals surface area contributed by atoms with Crippen molar-refractivity contribution in [2.24, 2.45) is 5.73 Å². The molecule has 2 N–H and O–H groups in total. The molecule has 3 heteroatoms. The molecule has 0 bridgehead atoms. The first kappa shape index (κ1) is 9.03. The van der Waals surface area contributed by atoms with E-state index in [2.05, 4.69) is 0 Å². The monoisotopic (exact) mass is 197 g/mol. The van der Waals surface area contributed by atoms with E-state index in [0.29, 0.717) is 12.5 Å². The molecule has 0 amide bonds. The lowest BCUT2D eigenvalue weighted by molar-refractivity contribution is 0.611. The van der Waals surface area contributed by atoms with Crippen LogP contribution in [0.25, 0.3) is 0 Å². The molecule has 1 aromatic rings. The summed E-state index contributed by atoms with van der Waals surface area (Å²) < 4.78 is 12.9. The van der Waals surface area contributed by atoms with Gasteiger partial charge in [0.05, 0.1) is 0 Å². The van der Waals surface area contributed by atoms with Crippen LogP contribution in [0.3, 0.4) is 0 Å². The van der Waals surface area contributed by atoms with Gasteiger partial charge in [0.25, 0.3) is 0 Å². The van der Waals surface area contributed by atoms with Gasteiger partial charge >= 0.3 is 0 Å². The molecule has 1 nitrogen and oxygen atoms in total. The van der Waals surface area contributed by atoms with Crippen LogP contribution in [-0.4, -0.2) is 12.3 Å². The Morgan fingerprint density at radius 1 is 1.54 bits per heavy atom. The Morgan fingerprint density at radius 2 is 2.38 bits per heavy atom. The van der Waals surface area contributed by atoms with Gasteiger partial charge in [-0.05, 0) is 42.3 Å². The van der Waals surface area contributed by atoms with Gasteiger partial charge in [-0.1, -0.05) is 6.07 Å². The maximum absolute atomic E-state index is 12.9. The molecule has 1 aliphatic rings. The van der Waals surface area contributed by atoms with E-state index in [1.807, 2.05) is 6.07 Å². The number of rotatable bonds is 1. The first-order valence-corrected chi connectivity index (χ1v) is 5.42. The molecule has 0 aromatic heterocycles. The van der Waals surface area contributed by atoms with Crippen LogP contribution in [0.5, 0.6) is 0 Å². The molecule has 2 rings (SSSR count). The van der Waals surface area contributed by atoms with Crippen LogP contribution in [0.1, 0.15) is 17.9 Å². The molecule has 70 valence electrons. The zero-order valence-corrected chi connectivity index (χ0v) is 8.11. The number of nitrogens with two attached hydrogens (primary N) is 1. The quantitative estimate of drug-likeness (QED) is 0.748. The van der Waals surface area contributed by atoms with Crippen LogP contribution in [0.15, 0.2) is 23.1 Å². The normalized spacial score (nSPS) is 21.2. The Morgan fingerprint density at radius 3 is 3.15 bits per heavy atom. The third-order valence-corrected chi connectivity index (χ3v) is 3.53. The lowest BCUT2D eigenvalue weighted by Crippen LogP contribution is -2.17. The molecule has 1 aromatic carbocycles. The Bertz CT molecular complexity index is 314. The standard InChI is InChI=1S/C10H12FNS/c11-8-1-2-9-7(6-12)3-4-13-10(9)5-8/h1-2,5,7H,3-4,6,12H2. The molecule has 1 aliphatic heterocycles. The van der Waals surface area contributed by atoms with Crippen LogP contribution in [-0.2, 0) is 0 Å². The van der Waals surface area contributed by atoms with Crippen molar-refractivity contribution in [3.8, 4) is 0 Å². The van der Waals surface area contributed by atoms with E-state index >= 15 is 0 Å². The largest absolute Gasteiger partial charge is 0.330 e. The van der Waals surface area contributed by atoms with Gasteiger partial charge in [-0.2, -0.15) is 0 Å². The molecule has 0 saturated heterocycles.